The number of allylic oxidation sites excluding steroid dienone is 1. The number of piperidine rings is 1. The number of benzene rings is 2. The maximum Gasteiger partial charge on any atom is 0.122 e. The number of para-hydroxylation sites is 1. The molecule has 0 amide bonds. The molecule has 3 nitrogen and oxygen atoms in total. The van der Waals surface area contributed by atoms with Crippen LogP contribution in [0.1, 0.15) is 28.8 Å². The van der Waals surface area contributed by atoms with Gasteiger partial charge in [-0.25, -0.2) is 0 Å². The minimum Gasteiger partial charge on any atom is -0.496 e. The zero-order valence-electron chi connectivity index (χ0n) is 16.6. The quantitative estimate of drug-likeness (QED) is 0.659. The average molecular weight is 373 g/mol. The molecule has 1 aromatic heterocycles. The third-order valence-electron chi connectivity index (χ3n) is 7.00. The standard InChI is InChI=1S/C25H28N2O/c1-3-7-19-21(9-6-11-24(19)28-2)25-12-13-26-16-17(25)14-20-18-8-4-5-10-22(18)27-23(20)15-25/h3-6,8-11,17,26-27H,1,7,12-16H2,2H3. The van der Waals surface area contributed by atoms with Crippen LogP contribution in [0.15, 0.2) is 55.1 Å². The van der Waals surface area contributed by atoms with Gasteiger partial charge in [0.1, 0.15) is 5.75 Å². The molecule has 144 valence electrons. The van der Waals surface area contributed by atoms with Crippen LogP contribution in [-0.4, -0.2) is 25.2 Å². The first-order valence-corrected chi connectivity index (χ1v) is 10.3. The molecule has 3 heteroatoms. The molecular weight excluding hydrogens is 344 g/mol. The first-order chi connectivity index (χ1) is 13.8. The van der Waals surface area contributed by atoms with E-state index in [0.29, 0.717) is 5.92 Å². The van der Waals surface area contributed by atoms with E-state index in [1.165, 1.54) is 33.3 Å². The van der Waals surface area contributed by atoms with Crippen molar-refractivity contribution in [3.8, 4) is 5.75 Å². The van der Waals surface area contributed by atoms with Gasteiger partial charge in [0.05, 0.1) is 7.11 Å². The predicted molar refractivity (Wildman–Crippen MR) is 115 cm³/mol. The van der Waals surface area contributed by atoms with E-state index in [9.17, 15) is 0 Å². The monoisotopic (exact) mass is 372 g/mol. The molecule has 3 aromatic rings. The van der Waals surface area contributed by atoms with Gasteiger partial charge < -0.3 is 15.0 Å². The van der Waals surface area contributed by atoms with Crippen molar-refractivity contribution in [2.75, 3.05) is 20.2 Å². The Morgan fingerprint density at radius 1 is 1.21 bits per heavy atom. The molecule has 0 saturated carbocycles. The third-order valence-corrected chi connectivity index (χ3v) is 7.00. The zero-order valence-corrected chi connectivity index (χ0v) is 16.6. The molecule has 2 N–H and O–H groups in total. The summed E-state index contributed by atoms with van der Waals surface area (Å²) in [6, 6.07) is 15.3. The van der Waals surface area contributed by atoms with Crippen LogP contribution in [0.4, 0.5) is 0 Å². The Morgan fingerprint density at radius 2 is 2.11 bits per heavy atom. The van der Waals surface area contributed by atoms with Crippen LogP contribution in [0.2, 0.25) is 0 Å². The number of aromatic nitrogens is 1. The topological polar surface area (TPSA) is 37.0 Å². The molecule has 0 spiro atoms. The molecule has 2 aromatic carbocycles. The van der Waals surface area contributed by atoms with Gasteiger partial charge in [0.15, 0.2) is 0 Å². The Kier molecular flexibility index (Phi) is 4.28. The fourth-order valence-electron chi connectivity index (χ4n) is 5.72. The smallest absolute Gasteiger partial charge is 0.122 e. The first-order valence-electron chi connectivity index (χ1n) is 10.3. The fourth-order valence-corrected chi connectivity index (χ4v) is 5.72. The molecule has 0 bridgehead atoms. The number of rotatable bonds is 4. The summed E-state index contributed by atoms with van der Waals surface area (Å²) in [6.45, 7) is 6.15. The number of fused-ring (bicyclic) bond motifs is 4. The highest BCUT2D eigenvalue weighted by molar-refractivity contribution is 5.85. The molecule has 1 aliphatic heterocycles. The molecule has 2 heterocycles. The van der Waals surface area contributed by atoms with E-state index in [1.54, 1.807) is 7.11 Å². The van der Waals surface area contributed by atoms with Gasteiger partial charge in [0.25, 0.3) is 0 Å². The highest BCUT2D eigenvalue weighted by Gasteiger charge is 2.47. The third kappa shape index (κ3) is 2.53. The number of ether oxygens (including phenoxy) is 1. The lowest BCUT2D eigenvalue weighted by Crippen LogP contribution is -2.52. The Bertz CT molecular complexity index is 1030. The summed E-state index contributed by atoms with van der Waals surface area (Å²) in [5, 5.41) is 5.06. The second kappa shape index (κ2) is 6.82. The molecular formula is C25H28N2O. The molecule has 5 rings (SSSR count). The lowest BCUT2D eigenvalue weighted by atomic mass is 9.58. The number of methoxy groups -OCH3 is 1. The summed E-state index contributed by atoms with van der Waals surface area (Å²) < 4.78 is 5.75. The van der Waals surface area contributed by atoms with Crippen LogP contribution in [-0.2, 0) is 24.7 Å². The molecule has 2 atom stereocenters. The maximum absolute atomic E-state index is 5.75. The van der Waals surface area contributed by atoms with Crippen LogP contribution in [0.3, 0.4) is 0 Å². The lowest BCUT2D eigenvalue weighted by molar-refractivity contribution is 0.181. The van der Waals surface area contributed by atoms with Gasteiger partial charge in [0.2, 0.25) is 0 Å². The average Bonchev–Trinajstić information content (AvgIpc) is 3.09. The summed E-state index contributed by atoms with van der Waals surface area (Å²) in [4.78, 5) is 3.75. The van der Waals surface area contributed by atoms with Crippen LogP contribution >= 0.6 is 0 Å². The number of H-pyrrole nitrogens is 1. The van der Waals surface area contributed by atoms with Crippen LogP contribution in [0.25, 0.3) is 10.9 Å². The normalized spacial score (nSPS) is 23.8. The van der Waals surface area contributed by atoms with Gasteiger partial charge in [-0.1, -0.05) is 36.4 Å². The van der Waals surface area contributed by atoms with Crippen molar-refractivity contribution in [2.24, 2.45) is 5.92 Å². The Hall–Kier alpha value is -2.52. The summed E-state index contributed by atoms with van der Waals surface area (Å²) in [5.74, 6) is 1.58. The minimum atomic E-state index is 0.145. The van der Waals surface area contributed by atoms with Gasteiger partial charge in [0, 0.05) is 27.6 Å². The second-order valence-electron chi connectivity index (χ2n) is 8.29. The SMILES string of the molecule is C=CCc1c(OC)cccc1C12CCNCC1Cc1c([nH]c3ccccc13)C2. The highest BCUT2D eigenvalue weighted by atomic mass is 16.5. The van der Waals surface area contributed by atoms with E-state index >= 15 is 0 Å². The van der Waals surface area contributed by atoms with Crippen molar-refractivity contribution in [1.29, 1.82) is 0 Å². The zero-order chi connectivity index (χ0) is 19.1. The molecule has 28 heavy (non-hydrogen) atoms. The van der Waals surface area contributed by atoms with Gasteiger partial charge in [-0.3, -0.25) is 0 Å². The Balaban J connectivity index is 1.70. The minimum absolute atomic E-state index is 0.145. The highest BCUT2D eigenvalue weighted by Crippen LogP contribution is 2.49. The van der Waals surface area contributed by atoms with Crippen molar-refractivity contribution in [2.45, 2.75) is 31.1 Å². The largest absolute Gasteiger partial charge is 0.496 e. The van der Waals surface area contributed by atoms with Crippen molar-refractivity contribution in [1.82, 2.24) is 10.3 Å². The van der Waals surface area contributed by atoms with Gasteiger partial charge in [-0.05, 0) is 68.0 Å². The Labute approximate surface area is 166 Å². The molecule has 1 fully saturated rings. The molecule has 1 saturated heterocycles. The van der Waals surface area contributed by atoms with Crippen molar-refractivity contribution in [3.05, 3.63) is 77.5 Å². The maximum atomic E-state index is 5.75. The summed E-state index contributed by atoms with van der Waals surface area (Å²) in [6.07, 6.45) is 6.20. The van der Waals surface area contributed by atoms with E-state index in [2.05, 4.69) is 59.3 Å². The van der Waals surface area contributed by atoms with Gasteiger partial charge in [-0.2, -0.15) is 0 Å². The first kappa shape index (κ1) is 17.6. The fraction of sp³-hybridized carbons (Fsp3) is 0.360. The van der Waals surface area contributed by atoms with E-state index in [-0.39, 0.29) is 5.41 Å². The number of nitrogens with one attached hydrogen (secondary N) is 2. The van der Waals surface area contributed by atoms with E-state index in [4.69, 9.17) is 4.74 Å². The summed E-state index contributed by atoms with van der Waals surface area (Å²) >= 11 is 0. The van der Waals surface area contributed by atoms with Gasteiger partial charge in [-0.15, -0.1) is 6.58 Å². The van der Waals surface area contributed by atoms with Crippen molar-refractivity contribution in [3.63, 3.8) is 0 Å². The summed E-state index contributed by atoms with van der Waals surface area (Å²) in [5.41, 5.74) is 7.13. The van der Waals surface area contributed by atoms with Crippen molar-refractivity contribution >= 4 is 10.9 Å². The van der Waals surface area contributed by atoms with E-state index in [1.807, 2.05) is 6.08 Å². The van der Waals surface area contributed by atoms with Gasteiger partial charge >= 0.3 is 0 Å². The lowest BCUT2D eigenvalue weighted by Gasteiger charge is -2.49. The van der Waals surface area contributed by atoms with Crippen LogP contribution in [0.5, 0.6) is 5.75 Å². The molecule has 2 unspecified atom stereocenters. The second-order valence-corrected chi connectivity index (χ2v) is 8.29. The van der Waals surface area contributed by atoms with Crippen LogP contribution < -0.4 is 10.1 Å². The molecule has 0 radical (unpaired) electrons. The van der Waals surface area contributed by atoms with E-state index in [0.717, 1.165) is 44.5 Å². The Morgan fingerprint density at radius 3 is 2.96 bits per heavy atom. The predicted octanol–water partition coefficient (Wildman–Crippen LogP) is 4.55. The van der Waals surface area contributed by atoms with Crippen LogP contribution in [0, 0.1) is 5.92 Å². The molecule has 2 aliphatic rings. The number of aromatic amines is 1. The summed E-state index contributed by atoms with van der Waals surface area (Å²) in [7, 11) is 1.78. The number of hydrogen-bond donors (Lipinski definition) is 2. The number of hydrogen-bond acceptors (Lipinski definition) is 2. The molecule has 1 aliphatic carbocycles. The van der Waals surface area contributed by atoms with E-state index < -0.39 is 0 Å². The van der Waals surface area contributed by atoms with Crippen molar-refractivity contribution < 1.29 is 4.74 Å².